The summed E-state index contributed by atoms with van der Waals surface area (Å²) < 4.78 is 0. The Morgan fingerprint density at radius 2 is 1.84 bits per heavy atom. The van der Waals surface area contributed by atoms with Gasteiger partial charge in [0, 0.05) is 6.04 Å². The monoisotopic (exact) mass is 257 g/mol. The predicted octanol–water partition coefficient (Wildman–Crippen LogP) is 3.53. The lowest BCUT2D eigenvalue weighted by Crippen LogP contribution is -2.39. The van der Waals surface area contributed by atoms with Gasteiger partial charge in [0.1, 0.15) is 0 Å². The van der Waals surface area contributed by atoms with Gasteiger partial charge in [-0.1, -0.05) is 36.8 Å². The molecule has 0 spiro atoms. The van der Waals surface area contributed by atoms with E-state index in [4.69, 9.17) is 4.84 Å². The van der Waals surface area contributed by atoms with Crippen molar-refractivity contribution in [3.63, 3.8) is 0 Å². The van der Waals surface area contributed by atoms with Crippen LogP contribution in [0, 0.1) is 23.7 Å². The van der Waals surface area contributed by atoms with Crippen LogP contribution in [-0.2, 0) is 11.4 Å². The predicted molar refractivity (Wildman–Crippen MR) is 75.2 cm³/mol. The Morgan fingerprint density at radius 1 is 1.00 bits per heavy atom. The van der Waals surface area contributed by atoms with E-state index < -0.39 is 0 Å². The van der Waals surface area contributed by atoms with Crippen LogP contribution in [0.4, 0.5) is 0 Å². The van der Waals surface area contributed by atoms with Crippen molar-refractivity contribution < 1.29 is 4.84 Å². The van der Waals surface area contributed by atoms with Crippen molar-refractivity contribution in [3.8, 4) is 0 Å². The molecular formula is C17H23NO. The zero-order valence-corrected chi connectivity index (χ0v) is 11.4. The molecule has 0 saturated heterocycles. The minimum atomic E-state index is 0.619. The first-order chi connectivity index (χ1) is 9.42. The first-order valence-corrected chi connectivity index (χ1v) is 7.83. The molecule has 3 aliphatic carbocycles. The van der Waals surface area contributed by atoms with Gasteiger partial charge < -0.3 is 0 Å². The van der Waals surface area contributed by atoms with Crippen LogP contribution in [0.5, 0.6) is 0 Å². The molecule has 1 aromatic rings. The van der Waals surface area contributed by atoms with Gasteiger partial charge in [0.25, 0.3) is 0 Å². The number of fused-ring (bicyclic) bond motifs is 5. The van der Waals surface area contributed by atoms with Crippen LogP contribution in [0.15, 0.2) is 30.3 Å². The van der Waals surface area contributed by atoms with Crippen molar-refractivity contribution in [2.24, 2.45) is 23.7 Å². The Kier molecular flexibility index (Phi) is 3.08. The summed E-state index contributed by atoms with van der Waals surface area (Å²) in [6.07, 6.45) is 7.26. The molecule has 2 bridgehead atoms. The molecule has 5 unspecified atom stereocenters. The van der Waals surface area contributed by atoms with Gasteiger partial charge in [0.05, 0.1) is 6.61 Å². The minimum Gasteiger partial charge on any atom is -0.297 e. The quantitative estimate of drug-likeness (QED) is 0.833. The molecule has 1 aromatic carbocycles. The molecule has 2 nitrogen and oxygen atoms in total. The Morgan fingerprint density at radius 3 is 2.74 bits per heavy atom. The number of hydrogen-bond acceptors (Lipinski definition) is 2. The molecule has 5 atom stereocenters. The number of benzene rings is 1. The molecule has 19 heavy (non-hydrogen) atoms. The zero-order valence-electron chi connectivity index (χ0n) is 11.4. The van der Waals surface area contributed by atoms with Crippen molar-refractivity contribution in [2.45, 2.75) is 44.8 Å². The van der Waals surface area contributed by atoms with E-state index in [9.17, 15) is 0 Å². The van der Waals surface area contributed by atoms with Crippen molar-refractivity contribution in [1.29, 1.82) is 0 Å². The second kappa shape index (κ2) is 4.92. The smallest absolute Gasteiger partial charge is 0.0933 e. The standard InChI is InChI=1S/C17H23NO/c1-2-5-12(6-3-1)11-19-18-17-10-13-9-16(17)15-8-4-7-14(13)15/h1-3,5-6,13-18H,4,7-11H2. The molecule has 2 heteroatoms. The Balaban J connectivity index is 1.31. The van der Waals surface area contributed by atoms with Crippen LogP contribution in [-0.4, -0.2) is 6.04 Å². The SMILES string of the molecule is c1ccc(CONC2CC3CC2C2CCCC32)cc1. The molecule has 1 N–H and O–H groups in total. The Hall–Kier alpha value is -0.860. The first kappa shape index (κ1) is 11.9. The molecule has 3 aliphatic rings. The fourth-order valence-electron chi connectivity index (χ4n) is 5.01. The molecule has 102 valence electrons. The van der Waals surface area contributed by atoms with E-state index in [1.165, 1.54) is 37.7 Å². The second-order valence-electron chi connectivity index (χ2n) is 6.65. The van der Waals surface area contributed by atoms with Gasteiger partial charge in [-0.3, -0.25) is 4.84 Å². The summed E-state index contributed by atoms with van der Waals surface area (Å²) in [5.74, 6) is 3.97. The molecule has 0 aromatic heterocycles. The molecule has 0 amide bonds. The van der Waals surface area contributed by atoms with Gasteiger partial charge >= 0.3 is 0 Å². The van der Waals surface area contributed by atoms with Gasteiger partial charge in [-0.25, -0.2) is 0 Å². The molecule has 3 fully saturated rings. The van der Waals surface area contributed by atoms with E-state index in [0.29, 0.717) is 12.6 Å². The lowest BCUT2D eigenvalue weighted by molar-refractivity contribution is -0.0194. The van der Waals surface area contributed by atoms with Gasteiger partial charge in [0.15, 0.2) is 0 Å². The fourth-order valence-corrected chi connectivity index (χ4v) is 5.01. The van der Waals surface area contributed by atoms with E-state index in [1.54, 1.807) is 0 Å². The number of hydrogen-bond donors (Lipinski definition) is 1. The molecule has 3 saturated carbocycles. The van der Waals surface area contributed by atoms with Crippen LogP contribution in [0.25, 0.3) is 0 Å². The fraction of sp³-hybridized carbons (Fsp3) is 0.647. The summed E-state index contributed by atoms with van der Waals surface area (Å²) in [5, 5.41) is 0. The van der Waals surface area contributed by atoms with E-state index in [-0.39, 0.29) is 0 Å². The summed E-state index contributed by atoms with van der Waals surface area (Å²) in [6, 6.07) is 11.0. The van der Waals surface area contributed by atoms with E-state index >= 15 is 0 Å². The molecule has 0 radical (unpaired) electrons. The van der Waals surface area contributed by atoms with Gasteiger partial charge in [-0.05, 0) is 54.9 Å². The van der Waals surface area contributed by atoms with Crippen molar-refractivity contribution in [3.05, 3.63) is 35.9 Å². The van der Waals surface area contributed by atoms with Crippen LogP contribution >= 0.6 is 0 Å². The maximum atomic E-state index is 5.75. The minimum absolute atomic E-state index is 0.619. The lowest BCUT2D eigenvalue weighted by Gasteiger charge is -2.31. The number of hydroxylamine groups is 1. The summed E-state index contributed by atoms with van der Waals surface area (Å²) in [6.45, 7) is 0.683. The van der Waals surface area contributed by atoms with E-state index in [2.05, 4.69) is 29.7 Å². The van der Waals surface area contributed by atoms with E-state index in [1.807, 2.05) is 6.07 Å². The molecule has 0 aliphatic heterocycles. The lowest BCUT2D eigenvalue weighted by atomic mass is 9.79. The zero-order chi connectivity index (χ0) is 12.7. The summed E-state index contributed by atoms with van der Waals surface area (Å²) in [7, 11) is 0. The second-order valence-corrected chi connectivity index (χ2v) is 6.65. The molecule has 4 rings (SSSR count). The van der Waals surface area contributed by atoms with E-state index in [0.717, 1.165) is 23.7 Å². The Bertz CT molecular complexity index is 432. The summed E-state index contributed by atoms with van der Waals surface area (Å²) >= 11 is 0. The topological polar surface area (TPSA) is 21.3 Å². The van der Waals surface area contributed by atoms with Gasteiger partial charge in [-0.15, -0.1) is 0 Å². The van der Waals surface area contributed by atoms with Crippen LogP contribution in [0.3, 0.4) is 0 Å². The Labute approximate surface area is 115 Å². The van der Waals surface area contributed by atoms with Crippen molar-refractivity contribution in [2.75, 3.05) is 0 Å². The van der Waals surface area contributed by atoms with Crippen LogP contribution < -0.4 is 5.48 Å². The number of nitrogens with one attached hydrogen (secondary N) is 1. The highest BCUT2D eigenvalue weighted by molar-refractivity contribution is 5.13. The highest BCUT2D eigenvalue weighted by Gasteiger charge is 2.53. The number of rotatable bonds is 4. The highest BCUT2D eigenvalue weighted by Crippen LogP contribution is 2.58. The third-order valence-electron chi connectivity index (χ3n) is 5.75. The highest BCUT2D eigenvalue weighted by atomic mass is 16.6. The maximum absolute atomic E-state index is 5.75. The molecule has 0 heterocycles. The first-order valence-electron chi connectivity index (χ1n) is 7.83. The van der Waals surface area contributed by atoms with Crippen molar-refractivity contribution in [1.82, 2.24) is 5.48 Å². The largest absolute Gasteiger partial charge is 0.297 e. The summed E-state index contributed by atoms with van der Waals surface area (Å²) in [4.78, 5) is 5.75. The maximum Gasteiger partial charge on any atom is 0.0933 e. The normalized spacial score (nSPS) is 39.7. The molecular weight excluding hydrogens is 234 g/mol. The third kappa shape index (κ3) is 2.11. The van der Waals surface area contributed by atoms with Crippen LogP contribution in [0.1, 0.15) is 37.7 Å². The third-order valence-corrected chi connectivity index (χ3v) is 5.75. The summed E-state index contributed by atoms with van der Waals surface area (Å²) in [5.41, 5.74) is 4.62. The van der Waals surface area contributed by atoms with Gasteiger partial charge in [0.2, 0.25) is 0 Å². The van der Waals surface area contributed by atoms with Gasteiger partial charge in [-0.2, -0.15) is 5.48 Å². The van der Waals surface area contributed by atoms with Crippen molar-refractivity contribution >= 4 is 0 Å². The average Bonchev–Trinajstić information content (AvgIpc) is 3.12. The average molecular weight is 257 g/mol. The van der Waals surface area contributed by atoms with Crippen LogP contribution in [0.2, 0.25) is 0 Å².